The summed E-state index contributed by atoms with van der Waals surface area (Å²) < 4.78 is 5.30. The number of oxazole rings is 1. The summed E-state index contributed by atoms with van der Waals surface area (Å²) in [6.45, 7) is 2.50. The standard InChI is InChI=1S/C10H12N2OS2/c1-7-6-13-10(12-7)15-9(5-11)8-3-2-4-14-8/h2-4,6,9H,5,11H2,1H3. The lowest BCUT2D eigenvalue weighted by Gasteiger charge is -2.08. The molecule has 0 saturated heterocycles. The lowest BCUT2D eigenvalue weighted by Crippen LogP contribution is -2.07. The molecule has 15 heavy (non-hydrogen) atoms. The molecule has 2 rings (SSSR count). The van der Waals surface area contributed by atoms with Gasteiger partial charge in [-0.05, 0) is 18.4 Å². The zero-order valence-electron chi connectivity index (χ0n) is 8.34. The highest BCUT2D eigenvalue weighted by Crippen LogP contribution is 2.35. The van der Waals surface area contributed by atoms with Crippen molar-refractivity contribution in [1.29, 1.82) is 0 Å². The molecule has 0 bridgehead atoms. The average molecular weight is 240 g/mol. The summed E-state index contributed by atoms with van der Waals surface area (Å²) >= 11 is 3.29. The van der Waals surface area contributed by atoms with Crippen molar-refractivity contribution in [3.05, 3.63) is 34.3 Å². The van der Waals surface area contributed by atoms with E-state index in [2.05, 4.69) is 16.4 Å². The first-order valence-corrected chi connectivity index (χ1v) is 6.38. The van der Waals surface area contributed by atoms with Gasteiger partial charge in [0, 0.05) is 11.4 Å². The van der Waals surface area contributed by atoms with Crippen LogP contribution in [-0.4, -0.2) is 11.5 Å². The number of hydrogen-bond donors (Lipinski definition) is 1. The van der Waals surface area contributed by atoms with Gasteiger partial charge >= 0.3 is 0 Å². The molecule has 0 radical (unpaired) electrons. The number of nitrogens with two attached hydrogens (primary N) is 1. The van der Waals surface area contributed by atoms with Gasteiger partial charge in [0.1, 0.15) is 6.26 Å². The molecule has 2 heterocycles. The van der Waals surface area contributed by atoms with Crippen LogP contribution in [0.5, 0.6) is 0 Å². The van der Waals surface area contributed by atoms with Crippen molar-refractivity contribution in [3.63, 3.8) is 0 Å². The van der Waals surface area contributed by atoms with E-state index in [0.29, 0.717) is 11.8 Å². The Balaban J connectivity index is 2.09. The minimum absolute atomic E-state index is 0.239. The summed E-state index contributed by atoms with van der Waals surface area (Å²) in [5, 5.41) is 2.98. The van der Waals surface area contributed by atoms with E-state index >= 15 is 0 Å². The Labute approximate surface area is 96.7 Å². The summed E-state index contributed by atoms with van der Waals surface area (Å²) in [4.78, 5) is 5.52. The third kappa shape index (κ3) is 2.62. The van der Waals surface area contributed by atoms with Crippen LogP contribution in [0.1, 0.15) is 15.8 Å². The molecule has 1 unspecified atom stereocenters. The Kier molecular flexibility index (Phi) is 3.45. The van der Waals surface area contributed by atoms with Crippen molar-refractivity contribution in [1.82, 2.24) is 4.98 Å². The second-order valence-corrected chi connectivity index (χ2v) is 5.25. The Bertz CT molecular complexity index is 411. The zero-order chi connectivity index (χ0) is 10.7. The molecular formula is C10H12N2OS2. The molecule has 5 heteroatoms. The number of rotatable bonds is 4. The SMILES string of the molecule is Cc1coc(SC(CN)c2cccs2)n1. The number of aromatic nitrogens is 1. The van der Waals surface area contributed by atoms with Crippen molar-refractivity contribution in [3.8, 4) is 0 Å². The van der Waals surface area contributed by atoms with E-state index in [9.17, 15) is 0 Å². The van der Waals surface area contributed by atoms with Crippen LogP contribution >= 0.6 is 23.1 Å². The normalized spacial score (nSPS) is 12.9. The first-order chi connectivity index (χ1) is 7.29. The highest BCUT2D eigenvalue weighted by molar-refractivity contribution is 7.99. The van der Waals surface area contributed by atoms with Crippen molar-refractivity contribution in [2.45, 2.75) is 17.4 Å². The number of aryl methyl sites for hydroxylation is 1. The molecule has 80 valence electrons. The molecule has 0 saturated carbocycles. The lowest BCUT2D eigenvalue weighted by molar-refractivity contribution is 0.453. The molecule has 0 fully saturated rings. The minimum Gasteiger partial charge on any atom is -0.440 e. The molecule has 0 aliphatic rings. The largest absolute Gasteiger partial charge is 0.440 e. The number of nitrogens with zero attached hydrogens (tertiary/aromatic N) is 1. The van der Waals surface area contributed by atoms with E-state index in [0.717, 1.165) is 5.69 Å². The number of thioether (sulfide) groups is 1. The fourth-order valence-electron chi connectivity index (χ4n) is 1.21. The van der Waals surface area contributed by atoms with E-state index in [4.69, 9.17) is 10.2 Å². The maximum Gasteiger partial charge on any atom is 0.256 e. The van der Waals surface area contributed by atoms with Crippen molar-refractivity contribution < 1.29 is 4.42 Å². The fourth-order valence-corrected chi connectivity index (χ4v) is 3.07. The maximum absolute atomic E-state index is 5.74. The average Bonchev–Trinajstić information content (AvgIpc) is 2.85. The predicted octanol–water partition coefficient (Wildman–Crippen LogP) is 2.84. The smallest absolute Gasteiger partial charge is 0.256 e. The van der Waals surface area contributed by atoms with Gasteiger partial charge in [0.2, 0.25) is 0 Å². The van der Waals surface area contributed by atoms with Crippen LogP contribution < -0.4 is 5.73 Å². The van der Waals surface area contributed by atoms with Crippen LogP contribution in [0, 0.1) is 6.92 Å². The molecule has 0 amide bonds. The van der Waals surface area contributed by atoms with Crippen molar-refractivity contribution >= 4 is 23.1 Å². The van der Waals surface area contributed by atoms with E-state index in [1.165, 1.54) is 4.88 Å². The van der Waals surface area contributed by atoms with Crippen molar-refractivity contribution in [2.75, 3.05) is 6.54 Å². The third-order valence-electron chi connectivity index (χ3n) is 1.92. The summed E-state index contributed by atoms with van der Waals surface area (Å²) in [6.07, 6.45) is 1.66. The van der Waals surface area contributed by atoms with Gasteiger partial charge in [0.05, 0.1) is 10.9 Å². The van der Waals surface area contributed by atoms with Gasteiger partial charge in [0.15, 0.2) is 0 Å². The van der Waals surface area contributed by atoms with Crippen LogP contribution in [0.25, 0.3) is 0 Å². The molecule has 3 nitrogen and oxygen atoms in total. The highest BCUT2D eigenvalue weighted by atomic mass is 32.2. The highest BCUT2D eigenvalue weighted by Gasteiger charge is 2.15. The summed E-state index contributed by atoms with van der Waals surface area (Å²) in [7, 11) is 0. The van der Waals surface area contributed by atoms with Gasteiger partial charge in [-0.2, -0.15) is 0 Å². The van der Waals surface area contributed by atoms with E-state index in [-0.39, 0.29) is 5.25 Å². The summed E-state index contributed by atoms with van der Waals surface area (Å²) in [6, 6.07) is 4.12. The third-order valence-corrected chi connectivity index (χ3v) is 4.17. The monoisotopic (exact) mass is 240 g/mol. The number of thiophene rings is 1. The van der Waals surface area contributed by atoms with Crippen LogP contribution in [0.4, 0.5) is 0 Å². The molecule has 0 aliphatic heterocycles. The van der Waals surface area contributed by atoms with E-state index in [1.54, 1.807) is 29.4 Å². The molecule has 2 aromatic rings. The predicted molar refractivity (Wildman–Crippen MR) is 63.2 cm³/mol. The van der Waals surface area contributed by atoms with Gasteiger partial charge in [-0.3, -0.25) is 0 Å². The van der Waals surface area contributed by atoms with Gasteiger partial charge in [-0.15, -0.1) is 11.3 Å². The zero-order valence-corrected chi connectivity index (χ0v) is 9.98. The molecule has 1 atom stereocenters. The van der Waals surface area contributed by atoms with Crippen LogP contribution in [0.15, 0.2) is 33.4 Å². The molecule has 0 aliphatic carbocycles. The minimum atomic E-state index is 0.239. The Morgan fingerprint density at radius 2 is 2.53 bits per heavy atom. The Morgan fingerprint density at radius 3 is 3.07 bits per heavy atom. The fraction of sp³-hybridized carbons (Fsp3) is 0.300. The van der Waals surface area contributed by atoms with Crippen molar-refractivity contribution in [2.24, 2.45) is 5.73 Å². The number of hydrogen-bond acceptors (Lipinski definition) is 5. The van der Waals surface area contributed by atoms with Crippen LogP contribution in [0.3, 0.4) is 0 Å². The topological polar surface area (TPSA) is 52.0 Å². The van der Waals surface area contributed by atoms with E-state index in [1.807, 2.05) is 13.0 Å². The quantitative estimate of drug-likeness (QED) is 0.835. The molecule has 0 aromatic carbocycles. The summed E-state index contributed by atoms with van der Waals surface area (Å²) in [5.41, 5.74) is 6.64. The van der Waals surface area contributed by atoms with Gasteiger partial charge in [-0.25, -0.2) is 4.98 Å². The van der Waals surface area contributed by atoms with E-state index < -0.39 is 0 Å². The first-order valence-electron chi connectivity index (χ1n) is 4.62. The molecule has 2 N–H and O–H groups in total. The molecule has 2 aromatic heterocycles. The van der Waals surface area contributed by atoms with Gasteiger partial charge < -0.3 is 10.2 Å². The second-order valence-electron chi connectivity index (χ2n) is 3.11. The molecular weight excluding hydrogens is 228 g/mol. The van der Waals surface area contributed by atoms with Crippen LogP contribution in [-0.2, 0) is 0 Å². The Morgan fingerprint density at radius 1 is 1.67 bits per heavy atom. The Hall–Kier alpha value is -0.780. The lowest BCUT2D eigenvalue weighted by atomic mass is 10.3. The first kappa shape index (κ1) is 10.7. The maximum atomic E-state index is 5.74. The van der Waals surface area contributed by atoms with Gasteiger partial charge in [-0.1, -0.05) is 17.8 Å². The molecule has 0 spiro atoms. The summed E-state index contributed by atoms with van der Waals surface area (Å²) in [5.74, 6) is 0. The second kappa shape index (κ2) is 4.83. The van der Waals surface area contributed by atoms with Gasteiger partial charge in [0.25, 0.3) is 5.22 Å². The van der Waals surface area contributed by atoms with Crippen LogP contribution in [0.2, 0.25) is 0 Å².